The summed E-state index contributed by atoms with van der Waals surface area (Å²) in [5.74, 6) is -0.739. The Labute approximate surface area is 133 Å². The minimum atomic E-state index is -0.690. The van der Waals surface area contributed by atoms with Gasteiger partial charge in [0.15, 0.2) is 0 Å². The quantitative estimate of drug-likeness (QED) is 0.771. The van der Waals surface area contributed by atoms with Gasteiger partial charge in [0.1, 0.15) is 6.04 Å². The van der Waals surface area contributed by atoms with Crippen LogP contribution in [-0.4, -0.2) is 25.0 Å². The van der Waals surface area contributed by atoms with Crippen molar-refractivity contribution in [1.82, 2.24) is 5.32 Å². The molecule has 4 nitrogen and oxygen atoms in total. The van der Waals surface area contributed by atoms with E-state index in [1.54, 1.807) is 6.07 Å². The molecule has 1 amide bonds. The second kappa shape index (κ2) is 6.37. The zero-order valence-corrected chi connectivity index (χ0v) is 15.0. The Balaban J connectivity index is 2.91. The molecular weight excluding hydrogens is 398 g/mol. The topological polar surface area (TPSA) is 55.4 Å². The highest BCUT2D eigenvalue weighted by Crippen LogP contribution is 2.32. The van der Waals surface area contributed by atoms with E-state index < -0.39 is 17.4 Å². The maximum absolute atomic E-state index is 12.1. The molecule has 0 spiro atoms. The molecule has 1 heterocycles. The fraction of sp³-hybridized carbons (Fsp3) is 0.500. The fourth-order valence-corrected chi connectivity index (χ4v) is 3.35. The first-order valence-corrected chi connectivity index (χ1v) is 7.90. The van der Waals surface area contributed by atoms with Crippen molar-refractivity contribution in [3.05, 3.63) is 19.2 Å². The van der Waals surface area contributed by atoms with Crippen LogP contribution < -0.4 is 5.32 Å². The molecule has 0 radical (unpaired) electrons. The van der Waals surface area contributed by atoms with Gasteiger partial charge < -0.3 is 10.1 Å². The molecule has 1 N–H and O–H groups in total. The van der Waals surface area contributed by atoms with E-state index in [2.05, 4.69) is 37.2 Å². The fourth-order valence-electron chi connectivity index (χ4n) is 1.41. The summed E-state index contributed by atoms with van der Waals surface area (Å²) >= 11 is 7.96. The van der Waals surface area contributed by atoms with Crippen LogP contribution in [0.15, 0.2) is 14.3 Å². The summed E-state index contributed by atoms with van der Waals surface area (Å²) in [5, 5.41) is 2.72. The minimum Gasteiger partial charge on any atom is -0.467 e. The summed E-state index contributed by atoms with van der Waals surface area (Å²) in [6, 6.07) is 1.02. The van der Waals surface area contributed by atoms with Crippen LogP contribution in [0.25, 0.3) is 0 Å². The third-order valence-electron chi connectivity index (χ3n) is 2.45. The molecule has 0 saturated heterocycles. The Bertz CT molecular complexity index is 474. The molecular formula is C12H15Br2NO3S. The second-order valence-electron chi connectivity index (χ2n) is 5.03. The smallest absolute Gasteiger partial charge is 0.328 e. The number of carbonyl (C=O) groups is 2. The number of hydrogen-bond acceptors (Lipinski definition) is 4. The maximum Gasteiger partial charge on any atom is 0.328 e. The average molecular weight is 413 g/mol. The molecule has 1 atom stereocenters. The predicted molar refractivity (Wildman–Crippen MR) is 82.4 cm³/mol. The van der Waals surface area contributed by atoms with Gasteiger partial charge in [0.05, 0.1) is 15.8 Å². The molecule has 19 heavy (non-hydrogen) atoms. The van der Waals surface area contributed by atoms with Crippen molar-refractivity contribution in [2.45, 2.75) is 26.8 Å². The number of amides is 1. The summed E-state index contributed by atoms with van der Waals surface area (Å²) in [7, 11) is 1.31. The highest BCUT2D eigenvalue weighted by atomic mass is 79.9. The standard InChI is InChI=1S/C12H15Br2NO3S/c1-12(2,3)8(11(17)18-4)15-10(16)7-5-6(13)9(14)19-7/h5,8H,1-4H3,(H,15,16)/t8-/m1/s1. The molecule has 0 fully saturated rings. The molecule has 0 saturated carbocycles. The Kier molecular flexibility index (Phi) is 5.58. The van der Waals surface area contributed by atoms with E-state index in [-0.39, 0.29) is 5.91 Å². The van der Waals surface area contributed by atoms with Gasteiger partial charge in [-0.15, -0.1) is 11.3 Å². The van der Waals surface area contributed by atoms with E-state index in [1.807, 2.05) is 20.8 Å². The van der Waals surface area contributed by atoms with Crippen molar-refractivity contribution in [1.29, 1.82) is 0 Å². The lowest BCUT2D eigenvalue weighted by molar-refractivity contribution is -0.145. The van der Waals surface area contributed by atoms with Gasteiger partial charge in [-0.2, -0.15) is 0 Å². The molecule has 0 aliphatic heterocycles. The maximum atomic E-state index is 12.1. The van der Waals surface area contributed by atoms with Crippen molar-refractivity contribution < 1.29 is 14.3 Å². The van der Waals surface area contributed by atoms with Crippen molar-refractivity contribution in [2.75, 3.05) is 7.11 Å². The normalized spacial score (nSPS) is 12.9. The highest BCUT2D eigenvalue weighted by molar-refractivity contribution is 9.13. The first kappa shape index (κ1) is 16.7. The number of esters is 1. The van der Waals surface area contributed by atoms with Gasteiger partial charge in [0.2, 0.25) is 0 Å². The van der Waals surface area contributed by atoms with E-state index in [0.29, 0.717) is 4.88 Å². The minimum absolute atomic E-state index is 0.290. The second-order valence-corrected chi connectivity index (χ2v) is 8.25. The van der Waals surface area contributed by atoms with E-state index in [9.17, 15) is 9.59 Å². The number of halogens is 2. The lowest BCUT2D eigenvalue weighted by Gasteiger charge is -2.28. The van der Waals surface area contributed by atoms with Gasteiger partial charge in [-0.05, 0) is 43.3 Å². The highest BCUT2D eigenvalue weighted by Gasteiger charge is 2.34. The molecule has 1 rings (SSSR count). The van der Waals surface area contributed by atoms with Gasteiger partial charge in [-0.25, -0.2) is 4.79 Å². The largest absolute Gasteiger partial charge is 0.467 e. The molecule has 7 heteroatoms. The predicted octanol–water partition coefficient (Wildman–Crippen LogP) is 3.59. The molecule has 0 bridgehead atoms. The Morgan fingerprint density at radius 1 is 1.37 bits per heavy atom. The van der Waals surface area contributed by atoms with Gasteiger partial charge >= 0.3 is 5.97 Å². The first-order valence-electron chi connectivity index (χ1n) is 5.50. The van der Waals surface area contributed by atoms with Crippen LogP contribution >= 0.6 is 43.2 Å². The van der Waals surface area contributed by atoms with Crippen molar-refractivity contribution in [3.8, 4) is 0 Å². The van der Waals surface area contributed by atoms with Crippen LogP contribution in [0.1, 0.15) is 30.4 Å². The number of hydrogen-bond donors (Lipinski definition) is 1. The van der Waals surface area contributed by atoms with Crippen LogP contribution in [0.4, 0.5) is 0 Å². The van der Waals surface area contributed by atoms with Gasteiger partial charge in [-0.3, -0.25) is 4.79 Å². The summed E-state index contributed by atoms with van der Waals surface area (Å²) < 4.78 is 6.38. The SMILES string of the molecule is COC(=O)[C@@H](NC(=O)c1cc(Br)c(Br)s1)C(C)(C)C. The third-order valence-corrected chi connectivity index (χ3v) is 5.70. The van der Waals surface area contributed by atoms with Crippen LogP contribution in [0.2, 0.25) is 0 Å². The van der Waals surface area contributed by atoms with Gasteiger partial charge in [-0.1, -0.05) is 20.8 Å². The van der Waals surface area contributed by atoms with E-state index in [1.165, 1.54) is 18.4 Å². The Morgan fingerprint density at radius 3 is 2.32 bits per heavy atom. The number of methoxy groups -OCH3 is 1. The summed E-state index contributed by atoms with van der Waals surface area (Å²) in [5.41, 5.74) is -0.422. The van der Waals surface area contributed by atoms with E-state index in [4.69, 9.17) is 4.74 Å². The monoisotopic (exact) mass is 411 g/mol. The molecule has 1 aromatic rings. The summed E-state index contributed by atoms with van der Waals surface area (Å²) in [6.45, 7) is 5.61. The van der Waals surface area contributed by atoms with Crippen LogP contribution in [0.5, 0.6) is 0 Å². The zero-order chi connectivity index (χ0) is 14.8. The van der Waals surface area contributed by atoms with E-state index in [0.717, 1.165) is 8.26 Å². The molecule has 0 aliphatic carbocycles. The van der Waals surface area contributed by atoms with Gasteiger partial charge in [0.25, 0.3) is 5.91 Å². The Morgan fingerprint density at radius 2 is 1.95 bits per heavy atom. The molecule has 0 unspecified atom stereocenters. The molecule has 0 aliphatic rings. The molecule has 1 aromatic heterocycles. The lowest BCUT2D eigenvalue weighted by Crippen LogP contribution is -2.49. The number of nitrogens with one attached hydrogen (secondary N) is 1. The molecule has 0 aromatic carbocycles. The average Bonchev–Trinajstić information content (AvgIpc) is 2.64. The van der Waals surface area contributed by atoms with Crippen molar-refractivity contribution in [3.63, 3.8) is 0 Å². The van der Waals surface area contributed by atoms with Crippen molar-refractivity contribution >= 4 is 55.1 Å². The van der Waals surface area contributed by atoms with Crippen LogP contribution in [-0.2, 0) is 9.53 Å². The Hall–Kier alpha value is -0.400. The number of ether oxygens (including phenoxy) is 1. The summed E-state index contributed by atoms with van der Waals surface area (Å²) in [4.78, 5) is 24.4. The number of rotatable bonds is 3. The van der Waals surface area contributed by atoms with E-state index >= 15 is 0 Å². The number of carbonyl (C=O) groups excluding carboxylic acids is 2. The van der Waals surface area contributed by atoms with Crippen LogP contribution in [0.3, 0.4) is 0 Å². The van der Waals surface area contributed by atoms with Crippen molar-refractivity contribution in [2.24, 2.45) is 5.41 Å². The third kappa shape index (κ3) is 4.29. The first-order chi connectivity index (χ1) is 8.66. The van der Waals surface area contributed by atoms with Gasteiger partial charge in [0, 0.05) is 4.47 Å². The summed E-state index contributed by atoms with van der Waals surface area (Å²) in [6.07, 6.45) is 0. The lowest BCUT2D eigenvalue weighted by atomic mass is 9.86. The zero-order valence-electron chi connectivity index (χ0n) is 11.0. The number of thiophene rings is 1. The molecule has 106 valence electrons. The van der Waals surface area contributed by atoms with Crippen LogP contribution in [0, 0.1) is 5.41 Å².